The highest BCUT2D eigenvalue weighted by atomic mass is 79.9. The Balaban J connectivity index is 1.64. The standard InChI is InChI=1S/C20H23BrN2O6S/c1-10-14(20(2,3)25)9-15(29-10)30(26,27)23-19(24)22-17-12-6-4-5-11(12)16(21)13-7-8-28-18(13)17/h9,25H,4-8H2,1-3H3,(H2,22,23,24)/i2D3,3D3. The second-order valence-electron chi connectivity index (χ2n) is 7.21. The second kappa shape index (κ2) is 7.28. The van der Waals surface area contributed by atoms with Gasteiger partial charge >= 0.3 is 6.03 Å². The van der Waals surface area contributed by atoms with Crippen molar-refractivity contribution >= 4 is 37.7 Å². The zero-order chi connectivity index (χ0) is 26.8. The Morgan fingerprint density at radius 3 is 2.73 bits per heavy atom. The van der Waals surface area contributed by atoms with Crippen LogP contribution in [0.15, 0.2) is 20.0 Å². The van der Waals surface area contributed by atoms with Crippen molar-refractivity contribution in [3.63, 3.8) is 0 Å². The van der Waals surface area contributed by atoms with E-state index >= 15 is 0 Å². The first-order chi connectivity index (χ1) is 16.5. The molecule has 0 spiro atoms. The first kappa shape index (κ1) is 14.9. The molecule has 0 fully saturated rings. The van der Waals surface area contributed by atoms with Crippen LogP contribution < -0.4 is 14.8 Å². The molecule has 1 aliphatic heterocycles. The lowest BCUT2D eigenvalue weighted by Gasteiger charge is -2.17. The summed E-state index contributed by atoms with van der Waals surface area (Å²) in [5.41, 5.74) is -1.03. The molecule has 3 N–H and O–H groups in total. The molecule has 8 nitrogen and oxygen atoms in total. The van der Waals surface area contributed by atoms with E-state index in [0.29, 0.717) is 37.0 Å². The molecule has 0 unspecified atom stereocenters. The van der Waals surface area contributed by atoms with Gasteiger partial charge in [0.05, 0.1) is 17.9 Å². The molecule has 1 aromatic carbocycles. The number of anilines is 1. The van der Waals surface area contributed by atoms with Crippen LogP contribution in [0.25, 0.3) is 0 Å². The number of nitrogens with one attached hydrogen (secondary N) is 2. The zero-order valence-electron chi connectivity index (χ0n) is 21.9. The van der Waals surface area contributed by atoms with Crippen molar-refractivity contribution in [1.82, 2.24) is 4.72 Å². The third-order valence-corrected chi connectivity index (χ3v) is 7.31. The maximum absolute atomic E-state index is 12.9. The Bertz CT molecular complexity index is 1300. The van der Waals surface area contributed by atoms with Gasteiger partial charge in [-0.3, -0.25) is 0 Å². The monoisotopic (exact) mass is 504 g/mol. The molecule has 1 aliphatic carbocycles. The smallest absolute Gasteiger partial charge is 0.333 e. The van der Waals surface area contributed by atoms with Crippen molar-refractivity contribution < 1.29 is 35.7 Å². The number of ether oxygens (including phenoxy) is 1. The minimum Gasteiger partial charge on any atom is -0.491 e. The lowest BCUT2D eigenvalue weighted by molar-refractivity contribution is 0.0769. The van der Waals surface area contributed by atoms with Gasteiger partial charge in [-0.2, -0.15) is 8.42 Å². The van der Waals surface area contributed by atoms with Crippen LogP contribution in [-0.4, -0.2) is 26.2 Å². The van der Waals surface area contributed by atoms with Crippen LogP contribution in [0.4, 0.5) is 10.5 Å². The van der Waals surface area contributed by atoms with Gasteiger partial charge in [0, 0.05) is 36.3 Å². The lowest BCUT2D eigenvalue weighted by Crippen LogP contribution is -2.34. The van der Waals surface area contributed by atoms with Gasteiger partial charge in [-0.25, -0.2) is 9.52 Å². The Kier molecular flexibility index (Phi) is 3.61. The van der Waals surface area contributed by atoms with E-state index in [0.717, 1.165) is 40.9 Å². The second-order valence-corrected chi connectivity index (χ2v) is 9.62. The Hall–Kier alpha value is -2.04. The van der Waals surface area contributed by atoms with Gasteiger partial charge in [-0.1, -0.05) is 15.9 Å². The molecule has 0 saturated carbocycles. The minimum absolute atomic E-state index is 0.376. The van der Waals surface area contributed by atoms with Crippen molar-refractivity contribution in [2.24, 2.45) is 0 Å². The highest BCUT2D eigenvalue weighted by molar-refractivity contribution is 9.10. The molecule has 4 rings (SSSR count). The molecule has 10 heteroatoms. The van der Waals surface area contributed by atoms with Crippen molar-refractivity contribution in [3.05, 3.63) is 38.6 Å². The van der Waals surface area contributed by atoms with Gasteiger partial charge in [-0.15, -0.1) is 0 Å². The summed E-state index contributed by atoms with van der Waals surface area (Å²) in [6.07, 6.45) is 2.94. The molecule has 0 atom stereocenters. The predicted octanol–water partition coefficient (Wildman–Crippen LogP) is 3.51. The Labute approximate surface area is 191 Å². The average Bonchev–Trinajstić information content (AvgIpc) is 3.48. The number of urea groups is 1. The predicted molar refractivity (Wildman–Crippen MR) is 113 cm³/mol. The molecule has 2 aliphatic rings. The van der Waals surface area contributed by atoms with Crippen LogP contribution in [0.5, 0.6) is 5.75 Å². The highest BCUT2D eigenvalue weighted by Crippen LogP contribution is 2.47. The highest BCUT2D eigenvalue weighted by Gasteiger charge is 2.32. The van der Waals surface area contributed by atoms with Crippen molar-refractivity contribution in [3.8, 4) is 5.75 Å². The fourth-order valence-corrected chi connectivity index (χ4v) is 5.58. The van der Waals surface area contributed by atoms with Crippen LogP contribution >= 0.6 is 15.9 Å². The first-order valence-corrected chi connectivity index (χ1v) is 11.4. The number of carbonyl (C=O) groups is 1. The third kappa shape index (κ3) is 3.61. The van der Waals surface area contributed by atoms with Gasteiger partial charge in [0.2, 0.25) is 5.09 Å². The largest absolute Gasteiger partial charge is 0.491 e. The van der Waals surface area contributed by atoms with Crippen molar-refractivity contribution in [2.45, 2.75) is 57.0 Å². The van der Waals surface area contributed by atoms with E-state index in [1.165, 1.54) is 0 Å². The van der Waals surface area contributed by atoms with Crippen LogP contribution in [0.1, 0.15) is 56.4 Å². The van der Waals surface area contributed by atoms with Gasteiger partial charge in [0.15, 0.2) is 0 Å². The van der Waals surface area contributed by atoms with Crippen LogP contribution in [0.2, 0.25) is 0 Å². The Morgan fingerprint density at radius 1 is 1.27 bits per heavy atom. The SMILES string of the molecule is [2H]C([2H])([2H])C(O)(c1cc(S(=O)(=O)NC(=O)Nc2c3c(c(Br)c4c2OCC4)CCC3)oc1C)C([2H])([2H])[2H]. The summed E-state index contributed by atoms with van der Waals surface area (Å²) in [5.74, 6) is 0.0223. The summed E-state index contributed by atoms with van der Waals surface area (Å²) in [4.78, 5) is 12.8. The number of aryl methyl sites for hydroxylation is 1. The average molecular weight is 505 g/mol. The summed E-state index contributed by atoms with van der Waals surface area (Å²) < 4.78 is 84.6. The van der Waals surface area contributed by atoms with Crippen LogP contribution in [0, 0.1) is 6.92 Å². The quantitative estimate of drug-likeness (QED) is 0.586. The van der Waals surface area contributed by atoms with Gasteiger partial charge in [-0.05, 0) is 51.0 Å². The summed E-state index contributed by atoms with van der Waals surface area (Å²) in [6, 6.07) is -0.524. The topological polar surface area (TPSA) is 118 Å². The number of carbonyl (C=O) groups excluding carboxylic acids is 1. The molecule has 0 saturated heterocycles. The minimum atomic E-state index is -4.73. The number of furan rings is 1. The van der Waals surface area contributed by atoms with E-state index in [1.807, 2.05) is 0 Å². The van der Waals surface area contributed by atoms with Crippen LogP contribution in [0.3, 0.4) is 0 Å². The van der Waals surface area contributed by atoms with Gasteiger partial charge in [0.25, 0.3) is 10.0 Å². The molecular weight excluding hydrogens is 476 g/mol. The van der Waals surface area contributed by atoms with Crippen molar-refractivity contribution in [1.29, 1.82) is 0 Å². The third-order valence-electron chi connectivity index (χ3n) is 5.16. The summed E-state index contributed by atoms with van der Waals surface area (Å²) in [6.45, 7) is -5.36. The van der Waals surface area contributed by atoms with E-state index in [2.05, 4.69) is 21.2 Å². The molecule has 1 aromatic heterocycles. The fourth-order valence-electron chi connectivity index (χ4n) is 3.86. The molecule has 162 valence electrons. The molecule has 2 amide bonds. The number of halogens is 1. The summed E-state index contributed by atoms with van der Waals surface area (Å²) >= 11 is 3.60. The molecule has 2 aromatic rings. The number of fused-ring (bicyclic) bond motifs is 2. The number of amides is 2. The maximum atomic E-state index is 12.9. The number of hydrogen-bond donors (Lipinski definition) is 3. The van der Waals surface area contributed by atoms with Gasteiger partial charge < -0.3 is 19.6 Å². The number of hydrogen-bond acceptors (Lipinski definition) is 6. The molecule has 0 bridgehead atoms. The number of sulfonamides is 1. The van der Waals surface area contributed by atoms with E-state index in [1.54, 1.807) is 4.72 Å². The normalized spacial score (nSPS) is 19.3. The van der Waals surface area contributed by atoms with Crippen molar-refractivity contribution in [2.75, 3.05) is 11.9 Å². The maximum Gasteiger partial charge on any atom is 0.333 e. The molecule has 30 heavy (non-hydrogen) atoms. The van der Waals surface area contributed by atoms with E-state index in [-0.39, 0.29) is 0 Å². The first-order valence-electron chi connectivity index (χ1n) is 12.1. The number of aliphatic hydroxyl groups is 1. The van der Waals surface area contributed by atoms with Gasteiger partial charge in [0.1, 0.15) is 11.5 Å². The van der Waals surface area contributed by atoms with E-state index in [4.69, 9.17) is 17.4 Å². The fraction of sp³-hybridized carbons (Fsp3) is 0.450. The number of benzene rings is 1. The summed E-state index contributed by atoms with van der Waals surface area (Å²) in [7, 11) is -4.73. The van der Waals surface area contributed by atoms with Crippen LogP contribution in [-0.2, 0) is 34.9 Å². The summed E-state index contributed by atoms with van der Waals surface area (Å²) in [5, 5.41) is 12.3. The molecular formula is C20H23BrN2O6S. The van der Waals surface area contributed by atoms with E-state index < -0.39 is 51.8 Å². The Morgan fingerprint density at radius 2 is 2.00 bits per heavy atom. The lowest BCUT2D eigenvalue weighted by atomic mass is 10.00. The van der Waals surface area contributed by atoms with E-state index in [9.17, 15) is 18.3 Å². The number of rotatable bonds is 4. The zero-order valence-corrected chi connectivity index (χ0v) is 18.3. The molecule has 2 heterocycles. The molecule has 0 radical (unpaired) electrons.